The maximum absolute atomic E-state index is 11.9. The van der Waals surface area contributed by atoms with E-state index in [1.165, 1.54) is 5.56 Å². The van der Waals surface area contributed by atoms with Crippen LogP contribution in [-0.4, -0.2) is 10.9 Å². The molecule has 3 rings (SSSR count). The molecule has 110 valence electrons. The van der Waals surface area contributed by atoms with Crippen molar-refractivity contribution in [3.05, 3.63) is 70.7 Å². The lowest BCUT2D eigenvalue weighted by atomic mass is 10.1. The molecule has 1 amide bonds. The first kappa shape index (κ1) is 14.5. The van der Waals surface area contributed by atoms with E-state index < -0.39 is 0 Å². The van der Waals surface area contributed by atoms with E-state index in [-0.39, 0.29) is 5.91 Å². The zero-order chi connectivity index (χ0) is 15.4. The summed E-state index contributed by atoms with van der Waals surface area (Å²) in [5, 5.41) is 3.78. The Morgan fingerprint density at radius 2 is 2.09 bits per heavy atom. The summed E-state index contributed by atoms with van der Waals surface area (Å²) in [4.78, 5) is 16.4. The van der Waals surface area contributed by atoms with Crippen molar-refractivity contribution < 1.29 is 4.79 Å². The molecule has 0 aliphatic rings. The molecule has 0 spiro atoms. The van der Waals surface area contributed by atoms with Crippen LogP contribution in [0.3, 0.4) is 0 Å². The van der Waals surface area contributed by atoms with Crippen LogP contribution in [0, 0.1) is 6.92 Å². The summed E-state index contributed by atoms with van der Waals surface area (Å²) >= 11 is 1.61. The van der Waals surface area contributed by atoms with Gasteiger partial charge in [0.1, 0.15) is 5.01 Å². The van der Waals surface area contributed by atoms with Gasteiger partial charge in [0, 0.05) is 6.08 Å². The minimum atomic E-state index is -0.110. The van der Waals surface area contributed by atoms with Gasteiger partial charge in [-0.3, -0.25) is 4.79 Å². The van der Waals surface area contributed by atoms with Crippen LogP contribution >= 0.6 is 11.3 Å². The summed E-state index contributed by atoms with van der Waals surface area (Å²) in [5.74, 6) is -0.110. The molecule has 1 aromatic heterocycles. The van der Waals surface area contributed by atoms with Crippen LogP contribution in [0.2, 0.25) is 0 Å². The van der Waals surface area contributed by atoms with Crippen LogP contribution in [0.4, 0.5) is 0 Å². The summed E-state index contributed by atoms with van der Waals surface area (Å²) in [6.45, 7) is 2.49. The number of amides is 1. The zero-order valence-electron chi connectivity index (χ0n) is 12.2. The number of aryl methyl sites for hydroxylation is 1. The Morgan fingerprint density at radius 3 is 2.91 bits per heavy atom. The minimum Gasteiger partial charge on any atom is -0.346 e. The van der Waals surface area contributed by atoms with E-state index >= 15 is 0 Å². The molecule has 3 aromatic rings. The maximum atomic E-state index is 11.9. The van der Waals surface area contributed by atoms with Crippen LogP contribution in [0.5, 0.6) is 0 Å². The lowest BCUT2D eigenvalue weighted by Crippen LogP contribution is -2.19. The summed E-state index contributed by atoms with van der Waals surface area (Å²) in [6.07, 6.45) is 3.38. The van der Waals surface area contributed by atoms with Crippen LogP contribution in [0.15, 0.2) is 54.6 Å². The normalized spacial score (nSPS) is 11.1. The fourth-order valence-electron chi connectivity index (χ4n) is 2.16. The number of nitrogens with one attached hydrogen (secondary N) is 1. The molecule has 0 saturated heterocycles. The van der Waals surface area contributed by atoms with Crippen molar-refractivity contribution >= 4 is 33.5 Å². The Bertz CT molecular complexity index is 803. The Morgan fingerprint density at radius 1 is 1.23 bits per heavy atom. The Hall–Kier alpha value is -2.46. The monoisotopic (exact) mass is 308 g/mol. The number of fused-ring (bicyclic) bond motifs is 1. The number of hydrogen-bond acceptors (Lipinski definition) is 3. The van der Waals surface area contributed by atoms with Crippen molar-refractivity contribution in [3.8, 4) is 0 Å². The number of benzene rings is 2. The largest absolute Gasteiger partial charge is 0.346 e. The number of hydrogen-bond donors (Lipinski definition) is 1. The molecule has 0 aliphatic carbocycles. The van der Waals surface area contributed by atoms with Crippen LogP contribution in [0.1, 0.15) is 16.1 Å². The molecule has 0 saturated carbocycles. The first-order valence-corrected chi connectivity index (χ1v) is 7.89. The van der Waals surface area contributed by atoms with Gasteiger partial charge in [-0.15, -0.1) is 11.3 Å². The highest BCUT2D eigenvalue weighted by Gasteiger charge is 2.03. The number of carbonyl (C=O) groups is 1. The number of carbonyl (C=O) groups excluding carboxylic acids is 1. The van der Waals surface area contributed by atoms with Gasteiger partial charge in [-0.05, 0) is 30.7 Å². The molecule has 0 fully saturated rings. The molecule has 0 aliphatic heterocycles. The summed E-state index contributed by atoms with van der Waals surface area (Å²) < 4.78 is 1.14. The third-order valence-electron chi connectivity index (χ3n) is 3.22. The van der Waals surface area contributed by atoms with Crippen LogP contribution in [0.25, 0.3) is 16.3 Å². The highest BCUT2D eigenvalue weighted by atomic mass is 32.1. The predicted molar refractivity (Wildman–Crippen MR) is 91.7 cm³/mol. The molecule has 22 heavy (non-hydrogen) atoms. The zero-order valence-corrected chi connectivity index (χ0v) is 13.1. The molecule has 3 nitrogen and oxygen atoms in total. The smallest absolute Gasteiger partial charge is 0.244 e. The summed E-state index contributed by atoms with van der Waals surface area (Å²) in [6, 6.07) is 16.0. The number of nitrogens with zero attached hydrogens (tertiary/aromatic N) is 1. The van der Waals surface area contributed by atoms with Gasteiger partial charge in [0.05, 0.1) is 16.8 Å². The lowest BCUT2D eigenvalue weighted by Gasteiger charge is -1.98. The number of thiazole rings is 1. The Balaban J connectivity index is 1.60. The first-order chi connectivity index (χ1) is 10.7. The summed E-state index contributed by atoms with van der Waals surface area (Å²) in [7, 11) is 0. The Kier molecular flexibility index (Phi) is 4.30. The molecule has 0 radical (unpaired) electrons. The second kappa shape index (κ2) is 6.54. The molecular formula is C18H16N2OS. The second-order valence-electron chi connectivity index (χ2n) is 5.04. The third kappa shape index (κ3) is 3.59. The van der Waals surface area contributed by atoms with Crippen LogP contribution in [-0.2, 0) is 11.3 Å². The molecule has 4 heteroatoms. The molecule has 0 bridgehead atoms. The quantitative estimate of drug-likeness (QED) is 0.742. The van der Waals surface area contributed by atoms with Gasteiger partial charge in [0.15, 0.2) is 0 Å². The average Bonchev–Trinajstić information content (AvgIpc) is 2.94. The van der Waals surface area contributed by atoms with E-state index in [1.54, 1.807) is 17.4 Å². The topological polar surface area (TPSA) is 42.0 Å². The standard InChI is InChI=1S/C18H16N2OS/c1-13-5-4-6-14(11-13)9-10-17(21)19-12-18-20-15-7-2-3-8-16(15)22-18/h2-11H,12H2,1H3,(H,19,21)/b10-9+. The number of aromatic nitrogens is 1. The molecule has 1 N–H and O–H groups in total. The highest BCUT2D eigenvalue weighted by Crippen LogP contribution is 2.21. The second-order valence-corrected chi connectivity index (χ2v) is 6.16. The van der Waals surface area contributed by atoms with E-state index in [2.05, 4.69) is 10.3 Å². The highest BCUT2D eigenvalue weighted by molar-refractivity contribution is 7.18. The van der Waals surface area contributed by atoms with E-state index in [1.807, 2.05) is 61.5 Å². The summed E-state index contributed by atoms with van der Waals surface area (Å²) in [5.41, 5.74) is 3.18. The van der Waals surface area contributed by atoms with E-state index in [0.29, 0.717) is 6.54 Å². The van der Waals surface area contributed by atoms with Gasteiger partial charge in [-0.1, -0.05) is 42.0 Å². The van der Waals surface area contributed by atoms with Crippen molar-refractivity contribution in [1.29, 1.82) is 0 Å². The number of rotatable bonds is 4. The minimum absolute atomic E-state index is 0.110. The molecular weight excluding hydrogens is 292 g/mol. The predicted octanol–water partition coefficient (Wildman–Crippen LogP) is 3.93. The fraction of sp³-hybridized carbons (Fsp3) is 0.111. The van der Waals surface area contributed by atoms with Crippen molar-refractivity contribution in [3.63, 3.8) is 0 Å². The van der Waals surface area contributed by atoms with Gasteiger partial charge < -0.3 is 5.32 Å². The van der Waals surface area contributed by atoms with Crippen molar-refractivity contribution in [2.75, 3.05) is 0 Å². The molecule has 0 unspecified atom stereocenters. The number of para-hydroxylation sites is 1. The van der Waals surface area contributed by atoms with Crippen LogP contribution < -0.4 is 5.32 Å². The lowest BCUT2D eigenvalue weighted by molar-refractivity contribution is -0.116. The van der Waals surface area contributed by atoms with Crippen molar-refractivity contribution in [2.45, 2.75) is 13.5 Å². The maximum Gasteiger partial charge on any atom is 0.244 e. The van der Waals surface area contributed by atoms with Crippen molar-refractivity contribution in [2.24, 2.45) is 0 Å². The van der Waals surface area contributed by atoms with E-state index in [4.69, 9.17) is 0 Å². The average molecular weight is 308 g/mol. The van der Waals surface area contributed by atoms with Gasteiger partial charge in [-0.25, -0.2) is 4.98 Å². The van der Waals surface area contributed by atoms with Gasteiger partial charge >= 0.3 is 0 Å². The first-order valence-electron chi connectivity index (χ1n) is 7.08. The van der Waals surface area contributed by atoms with Gasteiger partial charge in [-0.2, -0.15) is 0 Å². The SMILES string of the molecule is Cc1cccc(/C=C/C(=O)NCc2nc3ccccc3s2)c1. The van der Waals surface area contributed by atoms with Crippen molar-refractivity contribution in [1.82, 2.24) is 10.3 Å². The van der Waals surface area contributed by atoms with Gasteiger partial charge in [0.2, 0.25) is 5.91 Å². The van der Waals surface area contributed by atoms with E-state index in [0.717, 1.165) is 20.8 Å². The Labute approximate surface area is 133 Å². The fourth-order valence-corrected chi connectivity index (χ4v) is 3.07. The molecule has 2 aromatic carbocycles. The van der Waals surface area contributed by atoms with Gasteiger partial charge in [0.25, 0.3) is 0 Å². The van der Waals surface area contributed by atoms with E-state index in [9.17, 15) is 4.79 Å². The molecule has 1 heterocycles. The molecule has 0 atom stereocenters. The third-order valence-corrected chi connectivity index (χ3v) is 4.26.